The van der Waals surface area contributed by atoms with Crippen LogP contribution in [0.4, 0.5) is 0 Å². The van der Waals surface area contributed by atoms with Gasteiger partial charge in [0.2, 0.25) is 5.91 Å². The van der Waals surface area contributed by atoms with E-state index < -0.39 is 9.84 Å². The first kappa shape index (κ1) is 17.7. The van der Waals surface area contributed by atoms with Crippen LogP contribution in [0, 0.1) is 0 Å². The average Bonchev–Trinajstić information content (AvgIpc) is 3.17. The molecule has 0 bridgehead atoms. The van der Waals surface area contributed by atoms with Gasteiger partial charge < -0.3 is 9.73 Å². The number of carbonyl (C=O) groups is 1. The number of nitrogens with zero attached hydrogens (tertiary/aromatic N) is 1. The van der Waals surface area contributed by atoms with Gasteiger partial charge in [0.15, 0.2) is 9.84 Å². The van der Waals surface area contributed by atoms with Crippen LogP contribution >= 0.6 is 0 Å². The van der Waals surface area contributed by atoms with Crippen molar-refractivity contribution in [3.8, 4) is 0 Å². The van der Waals surface area contributed by atoms with Crippen LogP contribution in [0.1, 0.15) is 17.7 Å². The third-order valence-corrected chi connectivity index (χ3v) is 5.94. The molecule has 1 aromatic heterocycles. The Kier molecular flexibility index (Phi) is 5.55. The molecule has 0 radical (unpaired) electrons. The Labute approximate surface area is 147 Å². The molecular formula is C18H22N2O4S. The summed E-state index contributed by atoms with van der Waals surface area (Å²) in [6, 6.07) is 13.3. The van der Waals surface area contributed by atoms with Gasteiger partial charge in [-0.15, -0.1) is 0 Å². The maximum absolute atomic E-state index is 12.4. The molecule has 1 fully saturated rings. The molecule has 1 N–H and O–H groups in total. The lowest BCUT2D eigenvalue weighted by Crippen LogP contribution is -2.42. The molecule has 2 aromatic rings. The fourth-order valence-electron chi connectivity index (χ4n) is 3.02. The Morgan fingerprint density at radius 1 is 1.16 bits per heavy atom. The number of amides is 1. The monoisotopic (exact) mass is 362 g/mol. The number of nitrogens with one attached hydrogen (secondary N) is 1. The van der Waals surface area contributed by atoms with Crippen LogP contribution in [0.5, 0.6) is 0 Å². The molecule has 6 nitrogen and oxygen atoms in total. The van der Waals surface area contributed by atoms with E-state index in [9.17, 15) is 13.2 Å². The highest BCUT2D eigenvalue weighted by atomic mass is 32.2. The van der Waals surface area contributed by atoms with Crippen molar-refractivity contribution < 1.29 is 17.6 Å². The summed E-state index contributed by atoms with van der Waals surface area (Å²) in [5.74, 6) is 0.810. The highest BCUT2D eigenvalue weighted by Crippen LogP contribution is 2.13. The molecule has 1 aromatic carbocycles. The van der Waals surface area contributed by atoms with Gasteiger partial charge in [-0.25, -0.2) is 8.42 Å². The van der Waals surface area contributed by atoms with Crippen LogP contribution < -0.4 is 5.32 Å². The summed E-state index contributed by atoms with van der Waals surface area (Å²) in [6.07, 6.45) is 2.10. The summed E-state index contributed by atoms with van der Waals surface area (Å²) >= 11 is 0. The largest absolute Gasteiger partial charge is 0.468 e. The van der Waals surface area contributed by atoms with Crippen molar-refractivity contribution >= 4 is 15.7 Å². The van der Waals surface area contributed by atoms with E-state index in [1.54, 1.807) is 6.26 Å². The Morgan fingerprint density at radius 3 is 2.60 bits per heavy atom. The number of rotatable bonds is 7. The Bertz CT molecular complexity index is 788. The predicted molar refractivity (Wildman–Crippen MR) is 94.5 cm³/mol. The summed E-state index contributed by atoms with van der Waals surface area (Å²) in [4.78, 5) is 14.3. The fraction of sp³-hybridized carbons (Fsp3) is 0.389. The minimum atomic E-state index is -3.00. The summed E-state index contributed by atoms with van der Waals surface area (Å²) in [5, 5.41) is 2.84. The lowest BCUT2D eigenvalue weighted by atomic mass is 10.2. The first-order chi connectivity index (χ1) is 12.0. The molecule has 1 aliphatic rings. The molecule has 2 heterocycles. The standard InChI is InChI=1S/C18H22N2O4S/c21-18(19-16-8-10-25(22,23)14-16)13-20(12-17-7-4-9-24-17)11-15-5-2-1-3-6-15/h1-7,9,16H,8,10-14H2,(H,19,21). The summed E-state index contributed by atoms with van der Waals surface area (Å²) in [5.41, 5.74) is 1.10. The van der Waals surface area contributed by atoms with Crippen LogP contribution in [-0.4, -0.2) is 43.3 Å². The Balaban J connectivity index is 1.61. The molecule has 0 aliphatic carbocycles. The number of hydrogen-bond acceptors (Lipinski definition) is 5. The van der Waals surface area contributed by atoms with Gasteiger partial charge in [-0.05, 0) is 24.1 Å². The summed E-state index contributed by atoms with van der Waals surface area (Å²) in [6.45, 7) is 1.31. The number of furan rings is 1. The van der Waals surface area contributed by atoms with E-state index in [1.807, 2.05) is 47.4 Å². The van der Waals surface area contributed by atoms with Gasteiger partial charge in [-0.2, -0.15) is 0 Å². The van der Waals surface area contributed by atoms with Crippen LogP contribution in [0.25, 0.3) is 0 Å². The molecule has 1 atom stereocenters. The minimum Gasteiger partial charge on any atom is -0.468 e. The Morgan fingerprint density at radius 2 is 1.96 bits per heavy atom. The summed E-state index contributed by atoms with van der Waals surface area (Å²) < 4.78 is 28.4. The van der Waals surface area contributed by atoms with Gasteiger partial charge in [-0.1, -0.05) is 30.3 Å². The second kappa shape index (κ2) is 7.84. The third kappa shape index (κ3) is 5.44. The number of carbonyl (C=O) groups excluding carboxylic acids is 1. The molecule has 25 heavy (non-hydrogen) atoms. The number of benzene rings is 1. The normalized spacial score (nSPS) is 19.2. The zero-order chi connectivity index (χ0) is 17.7. The zero-order valence-electron chi connectivity index (χ0n) is 13.9. The van der Waals surface area contributed by atoms with Crippen LogP contribution in [-0.2, 0) is 27.7 Å². The topological polar surface area (TPSA) is 79.6 Å². The van der Waals surface area contributed by atoms with Crippen molar-refractivity contribution in [2.45, 2.75) is 25.6 Å². The number of hydrogen-bond donors (Lipinski definition) is 1. The van der Waals surface area contributed by atoms with Crippen molar-refractivity contribution in [2.75, 3.05) is 18.1 Å². The molecule has 134 valence electrons. The fourth-order valence-corrected chi connectivity index (χ4v) is 4.69. The molecule has 1 aliphatic heterocycles. The van der Waals surface area contributed by atoms with Crippen molar-refractivity contribution in [1.82, 2.24) is 10.2 Å². The van der Waals surface area contributed by atoms with Crippen LogP contribution in [0.3, 0.4) is 0 Å². The second-order valence-electron chi connectivity index (χ2n) is 6.38. The molecule has 0 saturated carbocycles. The smallest absolute Gasteiger partial charge is 0.234 e. The first-order valence-electron chi connectivity index (χ1n) is 8.29. The van der Waals surface area contributed by atoms with Crippen LogP contribution in [0.15, 0.2) is 53.1 Å². The lowest BCUT2D eigenvalue weighted by Gasteiger charge is -2.22. The van der Waals surface area contributed by atoms with Crippen molar-refractivity contribution in [1.29, 1.82) is 0 Å². The lowest BCUT2D eigenvalue weighted by molar-refractivity contribution is -0.123. The van der Waals surface area contributed by atoms with Gasteiger partial charge in [0.05, 0.1) is 30.9 Å². The molecule has 3 rings (SSSR count). The average molecular weight is 362 g/mol. The van der Waals surface area contributed by atoms with Crippen LogP contribution in [0.2, 0.25) is 0 Å². The summed E-state index contributed by atoms with van der Waals surface area (Å²) in [7, 11) is -3.00. The van der Waals surface area contributed by atoms with E-state index in [-0.39, 0.29) is 30.0 Å². The predicted octanol–water partition coefficient (Wildman–Crippen LogP) is 1.59. The Hall–Kier alpha value is -2.12. The van der Waals surface area contributed by atoms with Gasteiger partial charge >= 0.3 is 0 Å². The van der Waals surface area contributed by atoms with E-state index in [2.05, 4.69) is 5.32 Å². The highest BCUT2D eigenvalue weighted by molar-refractivity contribution is 7.91. The van der Waals surface area contributed by atoms with Crippen molar-refractivity contribution in [2.24, 2.45) is 0 Å². The number of sulfone groups is 1. The zero-order valence-corrected chi connectivity index (χ0v) is 14.7. The second-order valence-corrected chi connectivity index (χ2v) is 8.61. The van der Waals surface area contributed by atoms with E-state index in [0.29, 0.717) is 19.5 Å². The highest BCUT2D eigenvalue weighted by Gasteiger charge is 2.29. The van der Waals surface area contributed by atoms with E-state index in [4.69, 9.17) is 4.42 Å². The molecule has 1 saturated heterocycles. The SMILES string of the molecule is O=C(CN(Cc1ccccc1)Cc1ccco1)NC1CCS(=O)(=O)C1. The quantitative estimate of drug-likeness (QED) is 0.809. The minimum absolute atomic E-state index is 0.0373. The van der Waals surface area contributed by atoms with Crippen molar-refractivity contribution in [3.63, 3.8) is 0 Å². The molecular weight excluding hydrogens is 340 g/mol. The van der Waals surface area contributed by atoms with E-state index >= 15 is 0 Å². The molecule has 0 spiro atoms. The van der Waals surface area contributed by atoms with Gasteiger partial charge in [-0.3, -0.25) is 9.69 Å². The van der Waals surface area contributed by atoms with Crippen molar-refractivity contribution in [3.05, 3.63) is 60.1 Å². The molecule has 1 amide bonds. The first-order valence-corrected chi connectivity index (χ1v) is 10.1. The van der Waals surface area contributed by atoms with Gasteiger partial charge in [0.1, 0.15) is 5.76 Å². The van der Waals surface area contributed by atoms with Gasteiger partial charge in [0, 0.05) is 12.6 Å². The third-order valence-electron chi connectivity index (χ3n) is 4.17. The maximum Gasteiger partial charge on any atom is 0.234 e. The molecule has 7 heteroatoms. The molecule has 1 unspecified atom stereocenters. The van der Waals surface area contributed by atoms with E-state index in [1.165, 1.54) is 0 Å². The van der Waals surface area contributed by atoms with E-state index in [0.717, 1.165) is 11.3 Å². The van der Waals surface area contributed by atoms with Gasteiger partial charge in [0.25, 0.3) is 0 Å². The maximum atomic E-state index is 12.4.